The van der Waals surface area contributed by atoms with Crippen LogP contribution in [0.4, 0.5) is 0 Å². The Kier molecular flexibility index (Phi) is 9.13. The predicted octanol–water partition coefficient (Wildman–Crippen LogP) is 4.31. The maximum atomic E-state index is 12.7. The van der Waals surface area contributed by atoms with E-state index in [4.69, 9.17) is 9.47 Å². The van der Waals surface area contributed by atoms with Crippen molar-refractivity contribution in [2.75, 3.05) is 13.2 Å². The zero-order chi connectivity index (χ0) is 17.8. The van der Waals surface area contributed by atoms with E-state index in [2.05, 4.69) is 6.92 Å². The molecule has 0 saturated heterocycles. The van der Waals surface area contributed by atoms with Gasteiger partial charge in [-0.2, -0.15) is 0 Å². The van der Waals surface area contributed by atoms with Gasteiger partial charge in [0.25, 0.3) is 0 Å². The Balaban J connectivity index is 3.02. The van der Waals surface area contributed by atoms with Gasteiger partial charge in [-0.15, -0.1) is 0 Å². The lowest BCUT2D eigenvalue weighted by atomic mass is 9.77. The molecule has 4 heteroatoms. The van der Waals surface area contributed by atoms with Gasteiger partial charge in [0, 0.05) is 0 Å². The highest BCUT2D eigenvalue weighted by Gasteiger charge is 2.47. The number of aryl methyl sites for hydroxylation is 1. The fourth-order valence-electron chi connectivity index (χ4n) is 2.83. The molecule has 0 aliphatic rings. The summed E-state index contributed by atoms with van der Waals surface area (Å²) >= 11 is 0. The standard InChI is InChI=1S/C20H30O4/c1-4-7-11-15-20(18(21)23-5-2,19(22)24-6-3)16-14-17-12-9-8-10-13-17/h8-10,12-13H,4-7,11,14-16H2,1-3H3. The smallest absolute Gasteiger partial charge is 0.323 e. The summed E-state index contributed by atoms with van der Waals surface area (Å²) in [5.41, 5.74) is -0.0946. The summed E-state index contributed by atoms with van der Waals surface area (Å²) in [6.45, 7) is 6.15. The fourth-order valence-corrected chi connectivity index (χ4v) is 2.83. The summed E-state index contributed by atoms with van der Waals surface area (Å²) < 4.78 is 10.5. The fraction of sp³-hybridized carbons (Fsp3) is 0.600. The maximum absolute atomic E-state index is 12.7. The number of carbonyl (C=O) groups excluding carboxylic acids is 2. The third-order valence-electron chi connectivity index (χ3n) is 4.22. The van der Waals surface area contributed by atoms with Gasteiger partial charge >= 0.3 is 11.9 Å². The summed E-state index contributed by atoms with van der Waals surface area (Å²) in [5, 5.41) is 0. The molecular weight excluding hydrogens is 304 g/mol. The molecule has 0 spiro atoms. The summed E-state index contributed by atoms with van der Waals surface area (Å²) in [7, 11) is 0. The van der Waals surface area contributed by atoms with Crippen LogP contribution in [-0.4, -0.2) is 25.2 Å². The second-order valence-electron chi connectivity index (χ2n) is 5.97. The van der Waals surface area contributed by atoms with Crippen LogP contribution in [0.1, 0.15) is 58.4 Å². The van der Waals surface area contributed by atoms with Gasteiger partial charge in [-0.3, -0.25) is 9.59 Å². The van der Waals surface area contributed by atoms with Crippen LogP contribution in [0, 0.1) is 5.41 Å². The first-order valence-corrected chi connectivity index (χ1v) is 8.99. The maximum Gasteiger partial charge on any atom is 0.323 e. The Labute approximate surface area is 145 Å². The molecule has 0 aromatic heterocycles. The van der Waals surface area contributed by atoms with Crippen LogP contribution in [-0.2, 0) is 25.5 Å². The molecule has 1 aromatic carbocycles. The lowest BCUT2D eigenvalue weighted by molar-refractivity contribution is -0.173. The third-order valence-corrected chi connectivity index (χ3v) is 4.22. The monoisotopic (exact) mass is 334 g/mol. The molecule has 0 aliphatic carbocycles. The molecule has 0 saturated carbocycles. The lowest BCUT2D eigenvalue weighted by Crippen LogP contribution is -2.42. The van der Waals surface area contributed by atoms with Gasteiger partial charge in [0.1, 0.15) is 0 Å². The van der Waals surface area contributed by atoms with Crippen LogP contribution in [0.3, 0.4) is 0 Å². The number of benzene rings is 1. The van der Waals surface area contributed by atoms with Gasteiger partial charge in [-0.25, -0.2) is 0 Å². The van der Waals surface area contributed by atoms with Gasteiger partial charge in [0.2, 0.25) is 0 Å². The van der Waals surface area contributed by atoms with Gasteiger partial charge < -0.3 is 9.47 Å². The second-order valence-corrected chi connectivity index (χ2v) is 5.97. The van der Waals surface area contributed by atoms with E-state index in [1.54, 1.807) is 13.8 Å². The molecule has 0 N–H and O–H groups in total. The highest BCUT2D eigenvalue weighted by Crippen LogP contribution is 2.34. The number of esters is 2. The Morgan fingerprint density at radius 1 is 0.875 bits per heavy atom. The Hall–Kier alpha value is -1.84. The van der Waals surface area contributed by atoms with Crippen LogP contribution < -0.4 is 0 Å². The molecule has 0 atom stereocenters. The highest BCUT2D eigenvalue weighted by molar-refractivity contribution is 6.00. The molecule has 1 rings (SSSR count). The van der Waals surface area contributed by atoms with Crippen LogP contribution in [0.25, 0.3) is 0 Å². The molecule has 0 radical (unpaired) electrons. The minimum Gasteiger partial charge on any atom is -0.465 e. The van der Waals surface area contributed by atoms with Crippen molar-refractivity contribution in [1.82, 2.24) is 0 Å². The van der Waals surface area contributed by atoms with Crippen LogP contribution >= 0.6 is 0 Å². The molecule has 0 unspecified atom stereocenters. The lowest BCUT2D eigenvalue weighted by Gasteiger charge is -2.29. The average molecular weight is 334 g/mol. The molecule has 0 heterocycles. The van der Waals surface area contributed by atoms with E-state index in [1.165, 1.54) is 0 Å². The Morgan fingerprint density at radius 3 is 1.96 bits per heavy atom. The molecule has 134 valence electrons. The number of ether oxygens (including phenoxy) is 2. The van der Waals surface area contributed by atoms with Crippen molar-refractivity contribution in [1.29, 1.82) is 0 Å². The molecule has 1 aromatic rings. The molecule has 0 bridgehead atoms. The Bertz CT molecular complexity index is 478. The number of hydrogen-bond donors (Lipinski definition) is 0. The van der Waals surface area contributed by atoms with E-state index in [-0.39, 0.29) is 13.2 Å². The zero-order valence-electron chi connectivity index (χ0n) is 15.2. The molecule has 0 amide bonds. The molecular formula is C20H30O4. The minimum absolute atomic E-state index is 0.263. The SMILES string of the molecule is CCCCCC(CCc1ccccc1)(C(=O)OCC)C(=O)OCC. The summed E-state index contributed by atoms with van der Waals surface area (Å²) in [6, 6.07) is 9.89. The number of rotatable bonds is 11. The largest absolute Gasteiger partial charge is 0.465 e. The summed E-state index contributed by atoms with van der Waals surface area (Å²) in [4.78, 5) is 25.3. The third kappa shape index (κ3) is 5.66. The quantitative estimate of drug-likeness (QED) is 0.344. The van der Waals surface area contributed by atoms with E-state index >= 15 is 0 Å². The zero-order valence-corrected chi connectivity index (χ0v) is 15.2. The Morgan fingerprint density at radius 2 is 1.46 bits per heavy atom. The van der Waals surface area contributed by atoms with Crippen molar-refractivity contribution in [2.24, 2.45) is 5.41 Å². The van der Waals surface area contributed by atoms with Crippen LogP contribution in [0.15, 0.2) is 30.3 Å². The first-order chi connectivity index (χ1) is 11.6. The first-order valence-electron chi connectivity index (χ1n) is 8.99. The number of unbranched alkanes of at least 4 members (excludes halogenated alkanes) is 2. The van der Waals surface area contributed by atoms with Crippen molar-refractivity contribution in [3.8, 4) is 0 Å². The van der Waals surface area contributed by atoms with Crippen molar-refractivity contribution in [3.05, 3.63) is 35.9 Å². The number of hydrogen-bond acceptors (Lipinski definition) is 4. The van der Waals surface area contributed by atoms with Crippen molar-refractivity contribution in [2.45, 2.75) is 59.3 Å². The summed E-state index contributed by atoms with van der Waals surface area (Å²) in [5.74, 6) is -0.897. The minimum atomic E-state index is -1.20. The van der Waals surface area contributed by atoms with E-state index in [0.29, 0.717) is 19.3 Å². The van der Waals surface area contributed by atoms with Gasteiger partial charge in [0.05, 0.1) is 13.2 Å². The van der Waals surface area contributed by atoms with E-state index in [1.807, 2.05) is 30.3 Å². The number of carbonyl (C=O) groups is 2. The topological polar surface area (TPSA) is 52.6 Å². The summed E-state index contributed by atoms with van der Waals surface area (Å²) in [6.07, 6.45) is 4.35. The van der Waals surface area contributed by atoms with Crippen molar-refractivity contribution >= 4 is 11.9 Å². The van der Waals surface area contributed by atoms with E-state index in [0.717, 1.165) is 24.8 Å². The average Bonchev–Trinajstić information content (AvgIpc) is 2.59. The molecule has 4 nitrogen and oxygen atoms in total. The van der Waals surface area contributed by atoms with Gasteiger partial charge in [-0.05, 0) is 38.7 Å². The van der Waals surface area contributed by atoms with Crippen molar-refractivity contribution in [3.63, 3.8) is 0 Å². The van der Waals surface area contributed by atoms with Gasteiger partial charge in [0.15, 0.2) is 5.41 Å². The predicted molar refractivity (Wildman–Crippen MR) is 94.6 cm³/mol. The molecule has 0 aliphatic heterocycles. The van der Waals surface area contributed by atoms with Crippen molar-refractivity contribution < 1.29 is 19.1 Å². The normalized spacial score (nSPS) is 11.1. The van der Waals surface area contributed by atoms with E-state index in [9.17, 15) is 9.59 Å². The molecule has 24 heavy (non-hydrogen) atoms. The van der Waals surface area contributed by atoms with Gasteiger partial charge in [-0.1, -0.05) is 56.5 Å². The highest BCUT2D eigenvalue weighted by atomic mass is 16.6. The van der Waals surface area contributed by atoms with Crippen LogP contribution in [0.5, 0.6) is 0 Å². The second kappa shape index (κ2) is 10.8. The molecule has 0 fully saturated rings. The van der Waals surface area contributed by atoms with E-state index < -0.39 is 17.4 Å². The van der Waals surface area contributed by atoms with Crippen LogP contribution in [0.2, 0.25) is 0 Å². The first kappa shape index (κ1) is 20.2.